The van der Waals surface area contributed by atoms with E-state index < -0.39 is 12.3 Å². The monoisotopic (exact) mass is 232 g/mol. The molecule has 1 aromatic rings. The Kier molecular flexibility index (Phi) is 5.09. The van der Waals surface area contributed by atoms with Crippen molar-refractivity contribution in [1.82, 2.24) is 0 Å². The standard InChI is InChI=1S/C14H16O3/c1-4-13(12-8-6-5-7-9-12)17-14(15)16-10-11(2)3/h1,5-9,11,13H,10H2,2-3H3. The van der Waals surface area contributed by atoms with Gasteiger partial charge in [-0.05, 0) is 5.92 Å². The van der Waals surface area contributed by atoms with E-state index >= 15 is 0 Å². The fraction of sp³-hybridized carbons (Fsp3) is 0.357. The van der Waals surface area contributed by atoms with Crippen LogP contribution in [0.25, 0.3) is 0 Å². The van der Waals surface area contributed by atoms with E-state index in [1.165, 1.54) is 0 Å². The van der Waals surface area contributed by atoms with Crippen molar-refractivity contribution in [2.75, 3.05) is 6.61 Å². The Morgan fingerprint density at radius 1 is 1.35 bits per heavy atom. The summed E-state index contributed by atoms with van der Waals surface area (Å²) in [6, 6.07) is 9.15. The molecule has 0 aliphatic heterocycles. The second-order valence-electron chi connectivity index (χ2n) is 4.03. The summed E-state index contributed by atoms with van der Waals surface area (Å²) in [6.45, 7) is 4.22. The molecule has 1 aromatic carbocycles. The van der Waals surface area contributed by atoms with Crippen LogP contribution in [0.3, 0.4) is 0 Å². The van der Waals surface area contributed by atoms with Gasteiger partial charge in [0.2, 0.25) is 0 Å². The van der Waals surface area contributed by atoms with Crippen LogP contribution in [-0.2, 0) is 9.47 Å². The SMILES string of the molecule is C#CC(OC(=O)OCC(C)C)c1ccccc1. The first-order valence-corrected chi connectivity index (χ1v) is 5.48. The van der Waals surface area contributed by atoms with Gasteiger partial charge in [0.1, 0.15) is 0 Å². The largest absolute Gasteiger partial charge is 0.509 e. The van der Waals surface area contributed by atoms with Gasteiger partial charge in [-0.15, -0.1) is 6.42 Å². The molecule has 0 radical (unpaired) electrons. The van der Waals surface area contributed by atoms with Gasteiger partial charge in [0.05, 0.1) is 6.61 Å². The Bertz CT molecular complexity index is 390. The van der Waals surface area contributed by atoms with E-state index in [0.29, 0.717) is 6.61 Å². The number of ether oxygens (including phenoxy) is 2. The van der Waals surface area contributed by atoms with Crippen LogP contribution in [0.5, 0.6) is 0 Å². The number of hydrogen-bond donors (Lipinski definition) is 0. The number of carbonyl (C=O) groups excluding carboxylic acids is 1. The third kappa shape index (κ3) is 4.60. The minimum absolute atomic E-state index is 0.267. The second kappa shape index (κ2) is 6.59. The average molecular weight is 232 g/mol. The number of rotatable bonds is 4. The number of terminal acetylenes is 1. The molecule has 90 valence electrons. The van der Waals surface area contributed by atoms with Crippen LogP contribution in [0.2, 0.25) is 0 Å². The van der Waals surface area contributed by atoms with Crippen molar-refractivity contribution in [3.05, 3.63) is 35.9 Å². The quantitative estimate of drug-likeness (QED) is 0.591. The zero-order valence-corrected chi connectivity index (χ0v) is 10.1. The van der Waals surface area contributed by atoms with Crippen molar-refractivity contribution in [3.8, 4) is 12.3 Å². The summed E-state index contributed by atoms with van der Waals surface area (Å²) in [7, 11) is 0. The molecule has 1 unspecified atom stereocenters. The van der Waals surface area contributed by atoms with Gasteiger partial charge in [-0.3, -0.25) is 0 Å². The molecule has 0 spiro atoms. The summed E-state index contributed by atoms with van der Waals surface area (Å²) in [5, 5.41) is 0. The Morgan fingerprint density at radius 2 is 2.00 bits per heavy atom. The lowest BCUT2D eigenvalue weighted by molar-refractivity contribution is 0.0326. The van der Waals surface area contributed by atoms with Crippen LogP contribution in [0, 0.1) is 18.3 Å². The van der Waals surface area contributed by atoms with Crippen LogP contribution >= 0.6 is 0 Å². The van der Waals surface area contributed by atoms with E-state index in [1.54, 1.807) is 12.1 Å². The topological polar surface area (TPSA) is 35.5 Å². The van der Waals surface area contributed by atoms with E-state index in [4.69, 9.17) is 15.9 Å². The highest BCUT2D eigenvalue weighted by atomic mass is 16.7. The summed E-state index contributed by atoms with van der Waals surface area (Å²) in [5.41, 5.74) is 0.761. The summed E-state index contributed by atoms with van der Waals surface area (Å²) < 4.78 is 9.94. The van der Waals surface area contributed by atoms with Crippen LogP contribution < -0.4 is 0 Å². The lowest BCUT2D eigenvalue weighted by atomic mass is 10.1. The molecular weight excluding hydrogens is 216 g/mol. The normalized spacial score (nSPS) is 11.6. The zero-order valence-electron chi connectivity index (χ0n) is 10.1. The molecule has 0 saturated carbocycles. The molecule has 0 fully saturated rings. The fourth-order valence-corrected chi connectivity index (χ4v) is 1.19. The molecule has 0 bridgehead atoms. The minimum Gasteiger partial charge on any atom is -0.434 e. The van der Waals surface area contributed by atoms with E-state index in [0.717, 1.165) is 5.56 Å². The Labute approximate surface area is 102 Å². The van der Waals surface area contributed by atoms with Crippen molar-refractivity contribution in [2.24, 2.45) is 5.92 Å². The molecule has 0 N–H and O–H groups in total. The predicted molar refractivity (Wildman–Crippen MR) is 65.3 cm³/mol. The number of hydrogen-bond acceptors (Lipinski definition) is 3. The lowest BCUT2D eigenvalue weighted by Gasteiger charge is -2.13. The molecule has 0 aliphatic carbocycles. The molecular formula is C14H16O3. The zero-order chi connectivity index (χ0) is 12.7. The second-order valence-corrected chi connectivity index (χ2v) is 4.03. The van der Waals surface area contributed by atoms with Crippen LogP contribution in [0.4, 0.5) is 4.79 Å². The van der Waals surface area contributed by atoms with Gasteiger partial charge in [-0.1, -0.05) is 50.1 Å². The van der Waals surface area contributed by atoms with Crippen LogP contribution in [-0.4, -0.2) is 12.8 Å². The average Bonchev–Trinajstić information content (AvgIpc) is 2.34. The van der Waals surface area contributed by atoms with Crippen molar-refractivity contribution in [2.45, 2.75) is 20.0 Å². The van der Waals surface area contributed by atoms with E-state index in [9.17, 15) is 4.79 Å². The molecule has 0 heterocycles. The molecule has 17 heavy (non-hydrogen) atoms. The maximum atomic E-state index is 11.4. The predicted octanol–water partition coefficient (Wildman–Crippen LogP) is 3.17. The van der Waals surface area contributed by atoms with Crippen molar-refractivity contribution >= 4 is 6.16 Å². The molecule has 3 heteroatoms. The van der Waals surface area contributed by atoms with Gasteiger partial charge in [0.15, 0.2) is 6.10 Å². The molecule has 1 rings (SSSR count). The lowest BCUT2D eigenvalue weighted by Crippen LogP contribution is -2.14. The third-order valence-electron chi connectivity index (χ3n) is 2.00. The van der Waals surface area contributed by atoms with E-state index in [2.05, 4.69) is 5.92 Å². The minimum atomic E-state index is -0.731. The fourth-order valence-electron chi connectivity index (χ4n) is 1.19. The molecule has 0 aromatic heterocycles. The summed E-state index contributed by atoms with van der Waals surface area (Å²) in [6.07, 6.45) is 3.90. The highest BCUT2D eigenvalue weighted by Crippen LogP contribution is 2.16. The molecule has 0 saturated heterocycles. The molecule has 0 amide bonds. The van der Waals surface area contributed by atoms with E-state index in [1.807, 2.05) is 32.0 Å². The first kappa shape index (κ1) is 13.1. The highest BCUT2D eigenvalue weighted by molar-refractivity contribution is 5.60. The van der Waals surface area contributed by atoms with Gasteiger partial charge in [0, 0.05) is 5.56 Å². The van der Waals surface area contributed by atoms with Gasteiger partial charge in [0.25, 0.3) is 0 Å². The van der Waals surface area contributed by atoms with Gasteiger partial charge >= 0.3 is 6.16 Å². The Balaban J connectivity index is 2.54. The van der Waals surface area contributed by atoms with Gasteiger partial charge < -0.3 is 9.47 Å². The number of carbonyl (C=O) groups is 1. The Hall–Kier alpha value is -1.95. The van der Waals surface area contributed by atoms with Crippen molar-refractivity contribution < 1.29 is 14.3 Å². The molecule has 1 atom stereocenters. The Morgan fingerprint density at radius 3 is 2.53 bits per heavy atom. The first-order chi connectivity index (χ1) is 8.13. The smallest absolute Gasteiger partial charge is 0.434 e. The van der Waals surface area contributed by atoms with Gasteiger partial charge in [-0.2, -0.15) is 0 Å². The molecule has 3 nitrogen and oxygen atoms in total. The first-order valence-electron chi connectivity index (χ1n) is 5.48. The van der Waals surface area contributed by atoms with Crippen LogP contribution in [0.15, 0.2) is 30.3 Å². The summed E-state index contributed by atoms with van der Waals surface area (Å²) in [4.78, 5) is 11.4. The maximum absolute atomic E-state index is 11.4. The third-order valence-corrected chi connectivity index (χ3v) is 2.00. The van der Waals surface area contributed by atoms with Gasteiger partial charge in [-0.25, -0.2) is 4.79 Å². The van der Waals surface area contributed by atoms with Crippen molar-refractivity contribution in [1.29, 1.82) is 0 Å². The number of benzene rings is 1. The molecule has 0 aliphatic rings. The summed E-state index contributed by atoms with van der Waals surface area (Å²) in [5.74, 6) is 2.68. The summed E-state index contributed by atoms with van der Waals surface area (Å²) >= 11 is 0. The van der Waals surface area contributed by atoms with E-state index in [-0.39, 0.29) is 5.92 Å². The van der Waals surface area contributed by atoms with Crippen molar-refractivity contribution in [3.63, 3.8) is 0 Å². The maximum Gasteiger partial charge on any atom is 0.509 e. The van der Waals surface area contributed by atoms with Crippen LogP contribution in [0.1, 0.15) is 25.5 Å². The highest BCUT2D eigenvalue weighted by Gasteiger charge is 2.15.